The normalized spacial score (nSPS) is 28.6. The van der Waals surface area contributed by atoms with Crippen molar-refractivity contribution in [3.8, 4) is 0 Å². The Bertz CT molecular complexity index is 520. The second-order valence-corrected chi connectivity index (χ2v) is 8.33. The molecule has 3 rings (SSSR count). The predicted octanol–water partition coefficient (Wildman–Crippen LogP) is 2.10. The molecule has 148 valence electrons. The third-order valence-electron chi connectivity index (χ3n) is 6.59. The van der Waals surface area contributed by atoms with Gasteiger partial charge in [0.15, 0.2) is 5.96 Å². The number of rotatable bonds is 4. The van der Waals surface area contributed by atoms with E-state index in [1.165, 1.54) is 25.7 Å². The smallest absolute Gasteiger partial charge is 0.225 e. The summed E-state index contributed by atoms with van der Waals surface area (Å²) >= 11 is 0. The van der Waals surface area contributed by atoms with Gasteiger partial charge in [-0.1, -0.05) is 26.7 Å². The number of hydrogen-bond acceptors (Lipinski definition) is 3. The van der Waals surface area contributed by atoms with Gasteiger partial charge in [-0.25, -0.2) is 0 Å². The van der Waals surface area contributed by atoms with Crippen molar-refractivity contribution in [3.63, 3.8) is 0 Å². The van der Waals surface area contributed by atoms with Gasteiger partial charge in [0, 0.05) is 57.2 Å². The zero-order valence-corrected chi connectivity index (χ0v) is 17.0. The Morgan fingerprint density at radius 1 is 1.19 bits per heavy atom. The van der Waals surface area contributed by atoms with Gasteiger partial charge in [0.25, 0.3) is 0 Å². The SMILES string of the molecule is CCOC1CC(NC(=NC)N2CCN(C(=O)C(C)C)CC2)C12CCCC2. The maximum absolute atomic E-state index is 12.2. The average molecular weight is 365 g/mol. The fraction of sp³-hybridized carbons (Fsp3) is 0.900. The Hall–Kier alpha value is -1.30. The summed E-state index contributed by atoms with van der Waals surface area (Å²) in [5, 5.41) is 3.75. The second kappa shape index (κ2) is 8.15. The van der Waals surface area contributed by atoms with Crippen LogP contribution >= 0.6 is 0 Å². The van der Waals surface area contributed by atoms with Crippen molar-refractivity contribution in [1.29, 1.82) is 0 Å². The Labute approximate surface area is 158 Å². The quantitative estimate of drug-likeness (QED) is 0.613. The van der Waals surface area contributed by atoms with Gasteiger partial charge in [-0.2, -0.15) is 0 Å². The summed E-state index contributed by atoms with van der Waals surface area (Å²) in [6.07, 6.45) is 6.66. The molecule has 6 nitrogen and oxygen atoms in total. The lowest BCUT2D eigenvalue weighted by Crippen LogP contribution is -2.66. The third kappa shape index (κ3) is 3.57. The van der Waals surface area contributed by atoms with Crippen LogP contribution in [0.5, 0.6) is 0 Å². The van der Waals surface area contributed by atoms with Gasteiger partial charge in [0.1, 0.15) is 0 Å². The van der Waals surface area contributed by atoms with E-state index < -0.39 is 0 Å². The van der Waals surface area contributed by atoms with Gasteiger partial charge >= 0.3 is 0 Å². The number of guanidine groups is 1. The first kappa shape index (κ1) is 19.5. The van der Waals surface area contributed by atoms with Crippen LogP contribution in [0, 0.1) is 11.3 Å². The van der Waals surface area contributed by atoms with Crippen LogP contribution in [0.2, 0.25) is 0 Å². The fourth-order valence-corrected chi connectivity index (χ4v) is 5.05. The third-order valence-corrected chi connectivity index (χ3v) is 6.59. The molecule has 2 saturated carbocycles. The first-order chi connectivity index (χ1) is 12.5. The summed E-state index contributed by atoms with van der Waals surface area (Å²) in [6.45, 7) is 10.1. The highest BCUT2D eigenvalue weighted by molar-refractivity contribution is 5.81. The largest absolute Gasteiger partial charge is 0.378 e. The van der Waals surface area contributed by atoms with E-state index in [1.54, 1.807) is 0 Å². The zero-order valence-electron chi connectivity index (χ0n) is 17.0. The van der Waals surface area contributed by atoms with Crippen molar-refractivity contribution in [2.75, 3.05) is 39.8 Å². The number of amides is 1. The van der Waals surface area contributed by atoms with Crippen molar-refractivity contribution >= 4 is 11.9 Å². The number of hydrogen-bond donors (Lipinski definition) is 1. The fourth-order valence-electron chi connectivity index (χ4n) is 5.05. The molecule has 1 N–H and O–H groups in total. The van der Waals surface area contributed by atoms with Gasteiger partial charge in [0.05, 0.1) is 6.10 Å². The molecule has 0 aromatic rings. The molecule has 2 unspecified atom stereocenters. The number of nitrogens with zero attached hydrogens (tertiary/aromatic N) is 3. The zero-order chi connectivity index (χ0) is 18.7. The minimum absolute atomic E-state index is 0.0756. The van der Waals surface area contributed by atoms with Gasteiger partial charge in [0.2, 0.25) is 5.91 Å². The molecule has 0 radical (unpaired) electrons. The van der Waals surface area contributed by atoms with Crippen LogP contribution in [0.4, 0.5) is 0 Å². The first-order valence-corrected chi connectivity index (χ1v) is 10.4. The first-order valence-electron chi connectivity index (χ1n) is 10.4. The maximum atomic E-state index is 12.2. The number of carbonyl (C=O) groups is 1. The van der Waals surface area contributed by atoms with E-state index in [2.05, 4.69) is 22.1 Å². The topological polar surface area (TPSA) is 57.2 Å². The Kier molecular flexibility index (Phi) is 6.10. The highest BCUT2D eigenvalue weighted by Crippen LogP contribution is 2.54. The summed E-state index contributed by atoms with van der Waals surface area (Å²) in [5.41, 5.74) is 0.307. The van der Waals surface area contributed by atoms with E-state index in [-0.39, 0.29) is 11.8 Å². The molecule has 1 spiro atoms. The minimum Gasteiger partial charge on any atom is -0.378 e. The van der Waals surface area contributed by atoms with E-state index in [4.69, 9.17) is 4.74 Å². The molecule has 3 aliphatic rings. The van der Waals surface area contributed by atoms with Crippen molar-refractivity contribution in [3.05, 3.63) is 0 Å². The molecule has 26 heavy (non-hydrogen) atoms. The molecule has 1 aliphatic heterocycles. The second-order valence-electron chi connectivity index (χ2n) is 8.33. The van der Waals surface area contributed by atoms with E-state index in [0.717, 1.165) is 45.2 Å². The highest BCUT2D eigenvalue weighted by Gasteiger charge is 2.57. The molecule has 1 amide bonds. The summed E-state index contributed by atoms with van der Waals surface area (Å²) in [4.78, 5) is 21.0. The molecule has 1 heterocycles. The standard InChI is InChI=1S/C20H36N4O2/c1-5-26-17-14-16(20(17)8-6-7-9-20)22-19(21-4)24-12-10-23(11-13-24)18(25)15(2)3/h15-17H,5-14H2,1-4H3,(H,21,22). The minimum atomic E-state index is 0.0756. The van der Waals surface area contributed by atoms with Crippen LogP contribution in [0.15, 0.2) is 4.99 Å². The van der Waals surface area contributed by atoms with E-state index in [1.807, 2.05) is 25.8 Å². The molecule has 2 aliphatic carbocycles. The Morgan fingerprint density at radius 3 is 2.35 bits per heavy atom. The van der Waals surface area contributed by atoms with Gasteiger partial charge in [-0.05, 0) is 26.2 Å². The van der Waals surface area contributed by atoms with Gasteiger partial charge < -0.3 is 19.9 Å². The van der Waals surface area contributed by atoms with Crippen LogP contribution in [-0.2, 0) is 9.53 Å². The van der Waals surface area contributed by atoms with E-state index in [0.29, 0.717) is 17.6 Å². The average Bonchev–Trinajstić information content (AvgIpc) is 3.17. The molecule has 0 aromatic heterocycles. The number of aliphatic imine (C=N–C) groups is 1. The van der Waals surface area contributed by atoms with Gasteiger partial charge in [-0.15, -0.1) is 0 Å². The highest BCUT2D eigenvalue weighted by atomic mass is 16.5. The summed E-state index contributed by atoms with van der Waals surface area (Å²) < 4.78 is 6.03. The molecule has 1 saturated heterocycles. The molecular weight excluding hydrogens is 328 g/mol. The van der Waals surface area contributed by atoms with E-state index >= 15 is 0 Å². The predicted molar refractivity (Wildman–Crippen MR) is 104 cm³/mol. The molecule has 0 aromatic carbocycles. The van der Waals surface area contributed by atoms with Crippen LogP contribution in [-0.4, -0.2) is 73.6 Å². The van der Waals surface area contributed by atoms with Crippen molar-refractivity contribution in [1.82, 2.24) is 15.1 Å². The van der Waals surface area contributed by atoms with Crippen molar-refractivity contribution < 1.29 is 9.53 Å². The lowest BCUT2D eigenvalue weighted by atomic mass is 9.60. The van der Waals surface area contributed by atoms with Crippen LogP contribution in [0.1, 0.15) is 52.9 Å². The summed E-state index contributed by atoms with van der Waals surface area (Å²) in [5.74, 6) is 1.33. The number of piperazine rings is 1. The summed E-state index contributed by atoms with van der Waals surface area (Å²) in [7, 11) is 1.87. The van der Waals surface area contributed by atoms with Crippen LogP contribution < -0.4 is 5.32 Å². The van der Waals surface area contributed by atoms with Crippen molar-refractivity contribution in [2.24, 2.45) is 16.3 Å². The lowest BCUT2D eigenvalue weighted by Gasteiger charge is -2.55. The Balaban J connectivity index is 1.57. The monoisotopic (exact) mass is 364 g/mol. The molecule has 6 heteroatoms. The van der Waals surface area contributed by atoms with Gasteiger partial charge in [-0.3, -0.25) is 9.79 Å². The van der Waals surface area contributed by atoms with E-state index in [9.17, 15) is 4.79 Å². The van der Waals surface area contributed by atoms with Crippen LogP contribution in [0.25, 0.3) is 0 Å². The number of nitrogens with one attached hydrogen (secondary N) is 1. The molecular formula is C20H36N4O2. The maximum Gasteiger partial charge on any atom is 0.225 e. The number of ether oxygens (including phenoxy) is 1. The Morgan fingerprint density at radius 2 is 1.81 bits per heavy atom. The lowest BCUT2D eigenvalue weighted by molar-refractivity contribution is -0.135. The molecule has 2 atom stereocenters. The molecule has 0 bridgehead atoms. The summed E-state index contributed by atoms with van der Waals surface area (Å²) in [6, 6.07) is 0.468. The number of carbonyl (C=O) groups excluding carboxylic acids is 1. The molecule has 3 fully saturated rings. The van der Waals surface area contributed by atoms with Crippen LogP contribution in [0.3, 0.4) is 0 Å². The van der Waals surface area contributed by atoms with Crippen molar-refractivity contribution in [2.45, 2.75) is 65.0 Å².